The van der Waals surface area contributed by atoms with Crippen LogP contribution in [0, 0.1) is 5.82 Å². The molecule has 0 bridgehead atoms. The molecule has 1 heterocycles. The fraction of sp³-hybridized carbons (Fsp3) is 0.780. The van der Waals surface area contributed by atoms with Crippen molar-refractivity contribution in [2.75, 3.05) is 33.1 Å². The quantitative estimate of drug-likeness (QED) is 0.0556. The molecule has 0 aliphatic carbocycles. The van der Waals surface area contributed by atoms with Crippen LogP contribution in [0.25, 0.3) is 0 Å². The first-order valence-corrected chi connectivity index (χ1v) is 28.6. The molecular weight excluding hydrogens is 905 g/mol. The average Bonchev–Trinajstić information content (AvgIpc) is 3.37. The lowest BCUT2D eigenvalue weighted by molar-refractivity contribution is -0.321. The lowest BCUT2D eigenvalue weighted by atomic mass is 9.97. The summed E-state index contributed by atoms with van der Waals surface area (Å²) in [5, 5.41) is 26.0. The van der Waals surface area contributed by atoms with E-state index in [2.05, 4.69) is 45.1 Å². The second-order valence-corrected chi connectivity index (χ2v) is 20.0. The van der Waals surface area contributed by atoms with Gasteiger partial charge in [-0.2, -0.15) is 0 Å². The van der Waals surface area contributed by atoms with Gasteiger partial charge < -0.3 is 44.0 Å². The summed E-state index contributed by atoms with van der Waals surface area (Å²) in [7, 11) is 0. The van der Waals surface area contributed by atoms with Crippen molar-refractivity contribution in [3.63, 3.8) is 0 Å². The zero-order valence-electron chi connectivity index (χ0n) is 44.8. The Morgan fingerprint density at radius 1 is 0.577 bits per heavy atom. The number of amides is 1. The van der Waals surface area contributed by atoms with Crippen molar-refractivity contribution in [1.82, 2.24) is 5.32 Å². The summed E-state index contributed by atoms with van der Waals surface area (Å²) in [6.07, 6.45) is 23.2. The lowest BCUT2D eigenvalue weighted by Gasteiger charge is -2.45. The standard InChI is InChI=1S/C59H99F2NO9/c1-5-9-13-14-15-16-17-18-19-23-26-29-32-52(63)55(65)51(46-69-59-58(68-44-12-8-4)57(67-43-11-7-3)56(53(45-60)71-59)66-42-10-6-2)62-54(64)33-30-27-24-21-20-22-25-28-31-47-34-38-49(39-35-47)70-50-40-36-48(61)37-41-50/h34-41,51-53,55-59,63,65H,5-33,42-46H2,1-4H3,(H,62,64)/t51-,52+,53?,55-,56+,57?,58?,59-/m0/s1. The highest BCUT2D eigenvalue weighted by molar-refractivity contribution is 5.76. The fourth-order valence-corrected chi connectivity index (χ4v) is 9.17. The molecule has 2 aromatic carbocycles. The first-order valence-electron chi connectivity index (χ1n) is 28.6. The average molecular weight is 1000 g/mol. The Morgan fingerprint density at radius 2 is 1.04 bits per heavy atom. The van der Waals surface area contributed by atoms with Crippen LogP contribution in [0.2, 0.25) is 0 Å². The van der Waals surface area contributed by atoms with Gasteiger partial charge in [0.2, 0.25) is 5.91 Å². The van der Waals surface area contributed by atoms with E-state index in [1.807, 2.05) is 12.1 Å². The number of aliphatic hydroxyl groups is 2. The number of hydrogen-bond acceptors (Lipinski definition) is 9. The van der Waals surface area contributed by atoms with Gasteiger partial charge in [0.05, 0.1) is 18.8 Å². The Hall–Kier alpha value is -2.71. The summed E-state index contributed by atoms with van der Waals surface area (Å²) in [5.41, 5.74) is 1.26. The maximum atomic E-state index is 14.8. The van der Waals surface area contributed by atoms with Gasteiger partial charge in [-0.25, -0.2) is 8.78 Å². The van der Waals surface area contributed by atoms with Crippen LogP contribution in [0.15, 0.2) is 48.5 Å². The summed E-state index contributed by atoms with van der Waals surface area (Å²) < 4.78 is 65.6. The molecule has 2 aromatic rings. The summed E-state index contributed by atoms with van der Waals surface area (Å²) in [4.78, 5) is 13.5. The van der Waals surface area contributed by atoms with Gasteiger partial charge >= 0.3 is 0 Å². The van der Waals surface area contributed by atoms with Gasteiger partial charge in [-0.05, 0) is 86.9 Å². The summed E-state index contributed by atoms with van der Waals surface area (Å²) in [6.45, 7) is 8.84. The third kappa shape index (κ3) is 27.4. The van der Waals surface area contributed by atoms with Gasteiger partial charge in [0.25, 0.3) is 0 Å². The van der Waals surface area contributed by atoms with Gasteiger partial charge in [-0.15, -0.1) is 0 Å². The summed E-state index contributed by atoms with van der Waals surface area (Å²) in [6, 6.07) is 13.2. The van der Waals surface area contributed by atoms with Gasteiger partial charge in [-0.3, -0.25) is 4.79 Å². The normalized spacial score (nSPS) is 19.4. The van der Waals surface area contributed by atoms with Crippen molar-refractivity contribution in [3.05, 3.63) is 59.9 Å². The number of ether oxygens (including phenoxy) is 6. The Balaban J connectivity index is 1.51. The molecule has 408 valence electrons. The molecule has 1 aliphatic rings. The number of halogens is 2. The van der Waals surface area contributed by atoms with E-state index < -0.39 is 55.6 Å². The van der Waals surface area contributed by atoms with Crippen LogP contribution in [0.1, 0.15) is 213 Å². The molecule has 1 saturated heterocycles. The Morgan fingerprint density at radius 3 is 1.58 bits per heavy atom. The minimum atomic E-state index is -1.28. The Labute approximate surface area is 429 Å². The van der Waals surface area contributed by atoms with Crippen molar-refractivity contribution in [3.8, 4) is 11.5 Å². The van der Waals surface area contributed by atoms with Crippen LogP contribution in [-0.4, -0.2) is 98.2 Å². The molecule has 1 amide bonds. The smallest absolute Gasteiger partial charge is 0.220 e. The van der Waals surface area contributed by atoms with Crippen LogP contribution in [-0.2, 0) is 34.9 Å². The van der Waals surface area contributed by atoms with Crippen molar-refractivity contribution < 1.29 is 52.2 Å². The maximum absolute atomic E-state index is 14.8. The molecule has 12 heteroatoms. The van der Waals surface area contributed by atoms with Gasteiger partial charge in [0.15, 0.2) is 6.29 Å². The van der Waals surface area contributed by atoms with Crippen LogP contribution in [0.4, 0.5) is 8.78 Å². The number of carbonyl (C=O) groups is 1. The molecule has 8 atom stereocenters. The largest absolute Gasteiger partial charge is 0.457 e. The highest BCUT2D eigenvalue weighted by atomic mass is 19.1. The minimum absolute atomic E-state index is 0.167. The third-order valence-corrected chi connectivity index (χ3v) is 13.7. The molecule has 10 nitrogen and oxygen atoms in total. The van der Waals surface area contributed by atoms with Crippen LogP contribution in [0.5, 0.6) is 11.5 Å². The zero-order chi connectivity index (χ0) is 51.2. The van der Waals surface area contributed by atoms with E-state index in [1.165, 1.54) is 75.5 Å². The number of nitrogens with one attached hydrogen (secondary N) is 1. The molecule has 3 N–H and O–H groups in total. The second-order valence-electron chi connectivity index (χ2n) is 20.0. The van der Waals surface area contributed by atoms with Crippen LogP contribution in [0.3, 0.4) is 0 Å². The van der Waals surface area contributed by atoms with E-state index in [1.54, 1.807) is 12.1 Å². The second kappa shape index (κ2) is 40.6. The predicted octanol–water partition coefficient (Wildman–Crippen LogP) is 14.2. The highest BCUT2D eigenvalue weighted by Crippen LogP contribution is 2.31. The number of alkyl halides is 1. The number of aryl methyl sites for hydroxylation is 1. The monoisotopic (exact) mass is 1000 g/mol. The van der Waals surface area contributed by atoms with Crippen molar-refractivity contribution in [2.45, 2.75) is 263 Å². The summed E-state index contributed by atoms with van der Waals surface area (Å²) >= 11 is 0. The van der Waals surface area contributed by atoms with Crippen molar-refractivity contribution in [1.29, 1.82) is 0 Å². The van der Waals surface area contributed by atoms with Gasteiger partial charge in [-0.1, -0.05) is 175 Å². The zero-order valence-corrected chi connectivity index (χ0v) is 44.8. The fourth-order valence-electron chi connectivity index (χ4n) is 9.17. The van der Waals surface area contributed by atoms with Crippen molar-refractivity contribution >= 4 is 5.91 Å². The summed E-state index contributed by atoms with van der Waals surface area (Å²) in [5.74, 6) is 0.839. The number of carbonyl (C=O) groups excluding carboxylic acids is 1. The topological polar surface area (TPSA) is 125 Å². The molecule has 3 unspecified atom stereocenters. The number of rotatable bonds is 45. The maximum Gasteiger partial charge on any atom is 0.220 e. The molecule has 71 heavy (non-hydrogen) atoms. The predicted molar refractivity (Wildman–Crippen MR) is 282 cm³/mol. The van der Waals surface area contributed by atoms with Gasteiger partial charge in [0.1, 0.15) is 54.5 Å². The van der Waals surface area contributed by atoms with Crippen LogP contribution >= 0.6 is 0 Å². The first kappa shape index (κ1) is 62.6. The Kier molecular flexibility index (Phi) is 35.8. The molecule has 3 rings (SSSR count). The highest BCUT2D eigenvalue weighted by Gasteiger charge is 2.49. The minimum Gasteiger partial charge on any atom is -0.457 e. The Bertz CT molecular complexity index is 1550. The first-order chi connectivity index (χ1) is 34.7. The molecule has 1 fully saturated rings. The van der Waals surface area contributed by atoms with E-state index in [-0.39, 0.29) is 18.3 Å². The van der Waals surface area contributed by atoms with E-state index >= 15 is 0 Å². The van der Waals surface area contributed by atoms with Crippen LogP contribution < -0.4 is 10.1 Å². The SMILES string of the molecule is CCCCCCCCCCCCCC[C@@H](O)[C@@H](O)[C@H](CO[C@H]1OC(CF)[C@@H](OCCCC)C(OCCCC)C1OCCCC)NC(=O)CCCCCCCCCCc1ccc(Oc2ccc(F)cc2)cc1. The van der Waals surface area contributed by atoms with Crippen molar-refractivity contribution in [2.24, 2.45) is 0 Å². The number of benzene rings is 2. The third-order valence-electron chi connectivity index (χ3n) is 13.7. The van der Waals surface area contributed by atoms with Gasteiger partial charge in [0, 0.05) is 26.2 Å². The lowest BCUT2D eigenvalue weighted by Crippen LogP contribution is -2.62. The molecule has 1 aliphatic heterocycles. The molecule has 0 saturated carbocycles. The number of hydrogen-bond donors (Lipinski definition) is 3. The van der Waals surface area contributed by atoms with E-state index in [0.717, 1.165) is 115 Å². The molecule has 0 aromatic heterocycles. The van der Waals surface area contributed by atoms with E-state index in [0.29, 0.717) is 44.8 Å². The van der Waals surface area contributed by atoms with E-state index in [4.69, 9.17) is 28.4 Å². The molecular formula is C59H99F2NO9. The molecule has 0 spiro atoms. The van der Waals surface area contributed by atoms with E-state index in [9.17, 15) is 23.8 Å². The molecule has 0 radical (unpaired) electrons. The number of unbranched alkanes of at least 4 members (excludes halogenated alkanes) is 21. The number of aliphatic hydroxyl groups excluding tert-OH is 2.